The Kier molecular flexibility index (Phi) is 4.77. The Morgan fingerprint density at radius 2 is 2.16 bits per heavy atom. The monoisotopic (exact) mass is 352 g/mol. The summed E-state index contributed by atoms with van der Waals surface area (Å²) in [6.45, 7) is 1.87. The van der Waals surface area contributed by atoms with Crippen LogP contribution >= 0.6 is 0 Å². The van der Waals surface area contributed by atoms with E-state index in [1.807, 2.05) is 6.07 Å². The van der Waals surface area contributed by atoms with Gasteiger partial charge in [-0.05, 0) is 37.1 Å². The zero-order valence-electron chi connectivity index (χ0n) is 13.3. The lowest BCUT2D eigenvalue weighted by Gasteiger charge is -2.31. The predicted molar refractivity (Wildman–Crippen MR) is 82.0 cm³/mol. The molecule has 2 aromatic rings. The summed E-state index contributed by atoms with van der Waals surface area (Å²) >= 11 is 0. The van der Waals surface area contributed by atoms with Gasteiger partial charge in [-0.2, -0.15) is 18.4 Å². The van der Waals surface area contributed by atoms with Crippen LogP contribution in [0.4, 0.5) is 17.6 Å². The van der Waals surface area contributed by atoms with Gasteiger partial charge in [0.15, 0.2) is 0 Å². The van der Waals surface area contributed by atoms with Gasteiger partial charge in [-0.15, -0.1) is 0 Å². The van der Waals surface area contributed by atoms with Gasteiger partial charge in [-0.1, -0.05) is 6.07 Å². The number of alkyl halides is 3. The summed E-state index contributed by atoms with van der Waals surface area (Å²) in [6, 6.07) is 6.20. The minimum atomic E-state index is -4.43. The van der Waals surface area contributed by atoms with Crippen LogP contribution in [-0.2, 0) is 12.7 Å². The molecule has 0 bridgehead atoms. The average molecular weight is 352 g/mol. The van der Waals surface area contributed by atoms with Gasteiger partial charge in [0.1, 0.15) is 23.4 Å². The third-order valence-electron chi connectivity index (χ3n) is 4.35. The van der Waals surface area contributed by atoms with Crippen molar-refractivity contribution in [1.82, 2.24) is 14.9 Å². The molecule has 1 atom stereocenters. The van der Waals surface area contributed by atoms with Crippen LogP contribution in [0, 0.1) is 17.1 Å². The number of benzene rings is 1. The topological polar surface area (TPSA) is 55.7 Å². The molecule has 1 saturated heterocycles. The number of hydrogen-bond acceptors (Lipinski definition) is 3. The van der Waals surface area contributed by atoms with Crippen LogP contribution in [-0.4, -0.2) is 28.0 Å². The fourth-order valence-corrected chi connectivity index (χ4v) is 3.13. The van der Waals surface area contributed by atoms with Crippen molar-refractivity contribution in [3.63, 3.8) is 0 Å². The van der Waals surface area contributed by atoms with Gasteiger partial charge in [-0.3, -0.25) is 4.90 Å². The van der Waals surface area contributed by atoms with Crippen molar-refractivity contribution in [2.45, 2.75) is 31.5 Å². The molecule has 4 nitrogen and oxygen atoms in total. The third kappa shape index (κ3) is 3.99. The summed E-state index contributed by atoms with van der Waals surface area (Å²) in [5, 5.41) is 8.90. The van der Waals surface area contributed by atoms with Crippen molar-refractivity contribution < 1.29 is 17.6 Å². The molecular formula is C17H16F4N4. The maximum atomic E-state index is 13.4. The Hall–Kier alpha value is -2.40. The van der Waals surface area contributed by atoms with Gasteiger partial charge in [0.2, 0.25) is 0 Å². The molecule has 2 heterocycles. The van der Waals surface area contributed by atoms with Crippen molar-refractivity contribution in [3.8, 4) is 6.07 Å². The van der Waals surface area contributed by atoms with Crippen LogP contribution in [0.3, 0.4) is 0 Å². The number of nitriles is 1. The molecule has 132 valence electrons. The normalized spacial score (nSPS) is 18.9. The largest absolute Gasteiger partial charge is 0.432 e. The molecular weight excluding hydrogens is 336 g/mol. The highest BCUT2D eigenvalue weighted by Crippen LogP contribution is 2.31. The number of rotatable bonds is 3. The lowest BCUT2D eigenvalue weighted by Crippen LogP contribution is -2.34. The van der Waals surface area contributed by atoms with E-state index < -0.39 is 17.7 Å². The average Bonchev–Trinajstić information content (AvgIpc) is 3.07. The van der Waals surface area contributed by atoms with E-state index in [0.29, 0.717) is 18.9 Å². The van der Waals surface area contributed by atoms with Gasteiger partial charge in [0, 0.05) is 19.0 Å². The Morgan fingerprint density at radius 1 is 1.36 bits per heavy atom. The first-order chi connectivity index (χ1) is 11.9. The molecule has 1 aromatic heterocycles. The second-order valence-corrected chi connectivity index (χ2v) is 6.18. The lowest BCUT2D eigenvalue weighted by atomic mass is 9.97. The summed E-state index contributed by atoms with van der Waals surface area (Å²) in [5.41, 5.74) is -0.0437. The van der Waals surface area contributed by atoms with E-state index in [9.17, 15) is 17.6 Å². The summed E-state index contributed by atoms with van der Waals surface area (Å²) in [5.74, 6) is -0.326. The van der Waals surface area contributed by atoms with Gasteiger partial charge in [-0.25, -0.2) is 9.37 Å². The van der Waals surface area contributed by atoms with Crippen molar-refractivity contribution in [3.05, 3.63) is 52.9 Å². The zero-order chi connectivity index (χ0) is 18.0. The lowest BCUT2D eigenvalue weighted by molar-refractivity contribution is -0.141. The molecule has 25 heavy (non-hydrogen) atoms. The van der Waals surface area contributed by atoms with E-state index in [1.165, 1.54) is 12.1 Å². The molecule has 0 spiro atoms. The molecule has 0 amide bonds. The standard InChI is InChI=1S/C17H16F4N4/c18-14-4-3-11(6-13(14)7-22)9-25-5-1-2-12(10-25)16-23-8-15(24-16)17(19,20)21/h3-4,6,8,12H,1-2,5,9-10H2,(H,23,24)/t12-/m0/s1. The summed E-state index contributed by atoms with van der Waals surface area (Å²) in [6.07, 6.45) is -2.01. The Labute approximate surface area is 142 Å². The minimum absolute atomic E-state index is 0.00749. The number of aromatic nitrogens is 2. The number of aromatic amines is 1. The second kappa shape index (κ2) is 6.84. The first kappa shape index (κ1) is 17.4. The van der Waals surface area contributed by atoms with Gasteiger partial charge in [0.05, 0.1) is 11.8 Å². The number of imidazole rings is 1. The van der Waals surface area contributed by atoms with Crippen molar-refractivity contribution in [2.75, 3.05) is 13.1 Å². The van der Waals surface area contributed by atoms with Crippen molar-refractivity contribution in [1.29, 1.82) is 5.26 Å². The van der Waals surface area contributed by atoms with Gasteiger partial charge < -0.3 is 4.98 Å². The maximum absolute atomic E-state index is 13.4. The Morgan fingerprint density at radius 3 is 2.84 bits per heavy atom. The fraction of sp³-hybridized carbons (Fsp3) is 0.412. The summed E-state index contributed by atoms with van der Waals surface area (Å²) < 4.78 is 51.5. The molecule has 0 radical (unpaired) electrons. The molecule has 0 saturated carbocycles. The SMILES string of the molecule is N#Cc1cc(CN2CCC[C@H](c3ncc(C(F)(F)F)[nH]3)C2)ccc1F. The molecule has 8 heteroatoms. The number of likely N-dealkylation sites (tertiary alicyclic amines) is 1. The maximum Gasteiger partial charge on any atom is 0.432 e. The van der Waals surface area contributed by atoms with Crippen LogP contribution in [0.15, 0.2) is 24.4 Å². The number of piperidine rings is 1. The second-order valence-electron chi connectivity index (χ2n) is 6.18. The smallest absolute Gasteiger partial charge is 0.338 e. The molecule has 1 aliphatic rings. The molecule has 1 N–H and O–H groups in total. The molecule has 1 fully saturated rings. The van der Waals surface area contributed by atoms with Crippen LogP contribution in [0.5, 0.6) is 0 Å². The highest BCUT2D eigenvalue weighted by atomic mass is 19.4. The van der Waals surface area contributed by atoms with Crippen molar-refractivity contribution >= 4 is 0 Å². The number of H-pyrrole nitrogens is 1. The first-order valence-electron chi connectivity index (χ1n) is 7.90. The van der Waals surface area contributed by atoms with Crippen LogP contribution < -0.4 is 0 Å². The quantitative estimate of drug-likeness (QED) is 0.855. The Bertz CT molecular complexity index is 791. The molecule has 1 aliphatic heterocycles. The molecule has 0 aliphatic carbocycles. The van der Waals surface area contributed by atoms with Crippen LogP contribution in [0.1, 0.15) is 41.4 Å². The van der Waals surface area contributed by atoms with Gasteiger partial charge >= 0.3 is 6.18 Å². The zero-order valence-corrected chi connectivity index (χ0v) is 13.3. The van der Waals surface area contributed by atoms with E-state index in [0.717, 1.165) is 31.1 Å². The third-order valence-corrected chi connectivity index (χ3v) is 4.35. The number of nitrogens with zero attached hydrogens (tertiary/aromatic N) is 3. The van der Waals surface area contributed by atoms with E-state index in [4.69, 9.17) is 5.26 Å². The number of nitrogens with one attached hydrogen (secondary N) is 1. The van der Waals surface area contributed by atoms with Crippen LogP contribution in [0.25, 0.3) is 0 Å². The van der Waals surface area contributed by atoms with E-state index in [-0.39, 0.29) is 11.5 Å². The molecule has 0 unspecified atom stereocenters. The van der Waals surface area contributed by atoms with Crippen LogP contribution in [0.2, 0.25) is 0 Å². The van der Waals surface area contributed by atoms with E-state index >= 15 is 0 Å². The van der Waals surface area contributed by atoms with Crippen molar-refractivity contribution in [2.24, 2.45) is 0 Å². The van der Waals surface area contributed by atoms with E-state index in [1.54, 1.807) is 6.07 Å². The predicted octanol–water partition coefficient (Wildman–Crippen LogP) is 3.82. The molecule has 3 rings (SSSR count). The summed E-state index contributed by atoms with van der Waals surface area (Å²) in [4.78, 5) is 8.35. The van der Waals surface area contributed by atoms with E-state index in [2.05, 4.69) is 14.9 Å². The highest BCUT2D eigenvalue weighted by molar-refractivity contribution is 5.34. The fourth-order valence-electron chi connectivity index (χ4n) is 3.13. The van der Waals surface area contributed by atoms with Gasteiger partial charge in [0.25, 0.3) is 0 Å². The number of halogens is 4. The Balaban J connectivity index is 1.69. The first-order valence-corrected chi connectivity index (χ1v) is 7.90. The number of hydrogen-bond donors (Lipinski definition) is 1. The minimum Gasteiger partial charge on any atom is -0.338 e. The summed E-state index contributed by atoms with van der Waals surface area (Å²) in [7, 11) is 0. The highest BCUT2D eigenvalue weighted by Gasteiger charge is 2.34. The molecule has 1 aromatic carbocycles.